The van der Waals surface area contributed by atoms with E-state index in [1.54, 1.807) is 0 Å². The molecule has 0 saturated carbocycles. The Balaban J connectivity index is 1.75. The summed E-state index contributed by atoms with van der Waals surface area (Å²) in [7, 11) is 0. The summed E-state index contributed by atoms with van der Waals surface area (Å²) in [4.78, 5) is 7.28. The Kier molecular flexibility index (Phi) is 4.99. The van der Waals surface area contributed by atoms with Gasteiger partial charge in [0.05, 0.1) is 6.20 Å². The highest BCUT2D eigenvalue weighted by Crippen LogP contribution is 2.29. The van der Waals surface area contributed by atoms with E-state index in [0.717, 1.165) is 54.4 Å². The van der Waals surface area contributed by atoms with Crippen LogP contribution in [-0.2, 0) is 0 Å². The van der Waals surface area contributed by atoms with E-state index in [1.807, 2.05) is 23.0 Å². The molecule has 0 fully saturated rings. The SMILES string of the molecule is CCC(C)N1CCNc2ccn3ncc(c3n2)-c2cc(C)cc(c2)OCC1. The van der Waals surface area contributed by atoms with Gasteiger partial charge in [-0.2, -0.15) is 5.10 Å². The quantitative estimate of drug-likeness (QED) is 0.752. The van der Waals surface area contributed by atoms with E-state index in [9.17, 15) is 0 Å². The van der Waals surface area contributed by atoms with Crippen LogP contribution in [0.25, 0.3) is 16.8 Å². The topological polar surface area (TPSA) is 54.7 Å². The Morgan fingerprint density at radius 1 is 1.26 bits per heavy atom. The first-order valence-corrected chi connectivity index (χ1v) is 9.71. The molecule has 1 aliphatic rings. The van der Waals surface area contributed by atoms with Crippen LogP contribution in [0.15, 0.2) is 36.7 Å². The largest absolute Gasteiger partial charge is 0.492 e. The summed E-state index contributed by atoms with van der Waals surface area (Å²) in [6, 6.07) is 8.84. The number of nitrogens with zero attached hydrogens (tertiary/aromatic N) is 4. The van der Waals surface area contributed by atoms with Crippen LogP contribution in [-0.4, -0.2) is 51.8 Å². The average molecular weight is 365 g/mol. The maximum Gasteiger partial charge on any atom is 0.165 e. The third-order valence-electron chi connectivity index (χ3n) is 5.30. The number of anilines is 1. The molecule has 1 aromatic carbocycles. The Labute approximate surface area is 160 Å². The molecule has 3 aromatic rings. The standard InChI is InChI=1S/C21H27N5O/c1-4-16(3)25-8-6-22-20-5-7-26-21(24-20)19(14-23-26)17-11-15(2)12-18(13-17)27-10-9-25/h5,7,11-14,16H,4,6,8-10H2,1-3H3,(H,22,24). The monoisotopic (exact) mass is 365 g/mol. The lowest BCUT2D eigenvalue weighted by molar-refractivity contribution is 0.169. The van der Waals surface area contributed by atoms with Crippen molar-refractivity contribution in [3.63, 3.8) is 0 Å². The summed E-state index contributed by atoms with van der Waals surface area (Å²) in [6.45, 7) is 9.99. The van der Waals surface area contributed by atoms with Crippen LogP contribution in [0.1, 0.15) is 25.8 Å². The number of aryl methyl sites for hydroxylation is 1. The first kappa shape index (κ1) is 17.8. The molecule has 0 radical (unpaired) electrons. The minimum absolute atomic E-state index is 0.522. The maximum absolute atomic E-state index is 6.11. The third kappa shape index (κ3) is 3.76. The van der Waals surface area contributed by atoms with Crippen LogP contribution in [0.4, 0.5) is 5.82 Å². The van der Waals surface area contributed by atoms with Crippen LogP contribution >= 0.6 is 0 Å². The lowest BCUT2D eigenvalue weighted by Crippen LogP contribution is -2.39. The zero-order chi connectivity index (χ0) is 18.8. The summed E-state index contributed by atoms with van der Waals surface area (Å²) in [6.07, 6.45) is 4.96. The van der Waals surface area contributed by atoms with Crippen molar-refractivity contribution in [2.45, 2.75) is 33.2 Å². The fraction of sp³-hybridized carbons (Fsp3) is 0.429. The van der Waals surface area contributed by atoms with Crippen molar-refractivity contribution in [2.75, 3.05) is 31.6 Å². The molecule has 1 aliphatic heterocycles. The molecule has 0 aliphatic carbocycles. The summed E-state index contributed by atoms with van der Waals surface area (Å²) in [5.74, 6) is 1.79. The molecule has 1 unspecified atom stereocenters. The van der Waals surface area contributed by atoms with Gasteiger partial charge in [-0.05, 0) is 49.6 Å². The molecule has 0 saturated heterocycles. The number of fused-ring (bicyclic) bond motifs is 4. The molecular formula is C21H27N5O. The first-order valence-electron chi connectivity index (χ1n) is 9.71. The highest BCUT2D eigenvalue weighted by molar-refractivity contribution is 5.78. The molecule has 6 heteroatoms. The second kappa shape index (κ2) is 7.56. The zero-order valence-corrected chi connectivity index (χ0v) is 16.3. The smallest absolute Gasteiger partial charge is 0.165 e. The summed E-state index contributed by atoms with van der Waals surface area (Å²) >= 11 is 0. The van der Waals surface area contributed by atoms with Crippen molar-refractivity contribution in [3.8, 4) is 16.9 Å². The highest BCUT2D eigenvalue weighted by atomic mass is 16.5. The Morgan fingerprint density at radius 3 is 3.00 bits per heavy atom. The fourth-order valence-electron chi connectivity index (χ4n) is 3.58. The van der Waals surface area contributed by atoms with Crippen LogP contribution in [0.3, 0.4) is 0 Å². The third-order valence-corrected chi connectivity index (χ3v) is 5.30. The van der Waals surface area contributed by atoms with E-state index in [4.69, 9.17) is 9.72 Å². The van der Waals surface area contributed by atoms with E-state index in [2.05, 4.69) is 54.3 Å². The molecule has 0 spiro atoms. The van der Waals surface area contributed by atoms with Gasteiger partial charge in [0.2, 0.25) is 0 Å². The molecular weight excluding hydrogens is 338 g/mol. The molecule has 6 nitrogen and oxygen atoms in total. The van der Waals surface area contributed by atoms with Gasteiger partial charge in [0, 0.05) is 37.4 Å². The molecule has 4 bridgehead atoms. The highest BCUT2D eigenvalue weighted by Gasteiger charge is 2.15. The first-order chi connectivity index (χ1) is 13.1. The van der Waals surface area contributed by atoms with Crippen LogP contribution in [0.2, 0.25) is 0 Å². The minimum Gasteiger partial charge on any atom is -0.492 e. The number of benzene rings is 1. The van der Waals surface area contributed by atoms with E-state index >= 15 is 0 Å². The molecule has 1 atom stereocenters. The minimum atomic E-state index is 0.522. The van der Waals surface area contributed by atoms with Crippen molar-refractivity contribution in [1.29, 1.82) is 0 Å². The molecule has 4 rings (SSSR count). The van der Waals surface area contributed by atoms with Gasteiger partial charge in [0.25, 0.3) is 0 Å². The van der Waals surface area contributed by atoms with Gasteiger partial charge >= 0.3 is 0 Å². The van der Waals surface area contributed by atoms with Gasteiger partial charge < -0.3 is 10.1 Å². The van der Waals surface area contributed by atoms with E-state index in [1.165, 1.54) is 5.56 Å². The predicted octanol–water partition coefficient (Wildman–Crippen LogP) is 3.61. The molecule has 3 heterocycles. The van der Waals surface area contributed by atoms with Gasteiger partial charge in [0.1, 0.15) is 18.2 Å². The predicted molar refractivity (Wildman–Crippen MR) is 108 cm³/mol. The average Bonchev–Trinajstić information content (AvgIpc) is 3.08. The molecule has 1 N–H and O–H groups in total. The summed E-state index contributed by atoms with van der Waals surface area (Å²) in [5, 5.41) is 7.92. The van der Waals surface area contributed by atoms with Crippen LogP contribution < -0.4 is 10.1 Å². The van der Waals surface area contributed by atoms with Gasteiger partial charge in [-0.15, -0.1) is 0 Å². The lowest BCUT2D eigenvalue weighted by Gasteiger charge is -2.28. The normalized spacial score (nSPS) is 16.6. The van der Waals surface area contributed by atoms with E-state index in [0.29, 0.717) is 12.6 Å². The van der Waals surface area contributed by atoms with Gasteiger partial charge in [-0.25, -0.2) is 9.50 Å². The zero-order valence-electron chi connectivity index (χ0n) is 16.3. The van der Waals surface area contributed by atoms with Gasteiger partial charge in [-0.3, -0.25) is 4.90 Å². The lowest BCUT2D eigenvalue weighted by atomic mass is 10.1. The maximum atomic E-state index is 6.11. The van der Waals surface area contributed by atoms with Gasteiger partial charge in [0.15, 0.2) is 5.65 Å². The van der Waals surface area contributed by atoms with Crippen LogP contribution in [0, 0.1) is 6.92 Å². The Morgan fingerprint density at radius 2 is 2.15 bits per heavy atom. The number of rotatable bonds is 2. The number of nitrogens with one attached hydrogen (secondary N) is 1. The number of aromatic nitrogens is 3. The second-order valence-corrected chi connectivity index (χ2v) is 7.24. The number of hydrogen-bond acceptors (Lipinski definition) is 5. The Hall–Kier alpha value is -2.60. The van der Waals surface area contributed by atoms with Crippen molar-refractivity contribution >= 4 is 11.5 Å². The molecule has 142 valence electrons. The van der Waals surface area contributed by atoms with E-state index < -0.39 is 0 Å². The van der Waals surface area contributed by atoms with Crippen molar-refractivity contribution < 1.29 is 4.74 Å². The Bertz CT molecular complexity index is 935. The molecule has 27 heavy (non-hydrogen) atoms. The second-order valence-electron chi connectivity index (χ2n) is 7.24. The number of ether oxygens (including phenoxy) is 1. The van der Waals surface area contributed by atoms with Crippen molar-refractivity contribution in [3.05, 3.63) is 42.2 Å². The number of hydrogen-bond donors (Lipinski definition) is 1. The van der Waals surface area contributed by atoms with Crippen molar-refractivity contribution in [1.82, 2.24) is 19.5 Å². The summed E-state index contributed by atoms with van der Waals surface area (Å²) in [5.41, 5.74) is 4.13. The van der Waals surface area contributed by atoms with Crippen LogP contribution in [0.5, 0.6) is 5.75 Å². The summed E-state index contributed by atoms with van der Waals surface area (Å²) < 4.78 is 7.93. The van der Waals surface area contributed by atoms with Gasteiger partial charge in [-0.1, -0.05) is 13.0 Å². The van der Waals surface area contributed by atoms with E-state index in [-0.39, 0.29) is 0 Å². The van der Waals surface area contributed by atoms with Crippen molar-refractivity contribution in [2.24, 2.45) is 0 Å². The molecule has 2 aromatic heterocycles. The molecule has 0 amide bonds. The fourth-order valence-corrected chi connectivity index (χ4v) is 3.58.